The Morgan fingerprint density at radius 2 is 2.05 bits per heavy atom. The SMILES string of the molecule is COC(=O)C(CC(C)C)NCc1nc(-c2ccccc2)cs1. The third kappa shape index (κ3) is 4.64. The number of nitrogens with zero attached hydrogens (tertiary/aromatic N) is 1. The smallest absolute Gasteiger partial charge is 0.322 e. The van der Waals surface area contributed by atoms with Crippen molar-refractivity contribution in [2.45, 2.75) is 32.9 Å². The van der Waals surface area contributed by atoms with Gasteiger partial charge in [-0.25, -0.2) is 4.98 Å². The zero-order valence-electron chi connectivity index (χ0n) is 13.2. The second-order valence-electron chi connectivity index (χ2n) is 5.58. The number of rotatable bonds is 7. The molecule has 0 fully saturated rings. The Hall–Kier alpha value is -1.72. The minimum atomic E-state index is -0.283. The molecule has 0 saturated heterocycles. The van der Waals surface area contributed by atoms with Crippen molar-refractivity contribution >= 4 is 17.3 Å². The first kappa shape index (κ1) is 16.6. The summed E-state index contributed by atoms with van der Waals surface area (Å²) in [5.41, 5.74) is 2.08. The minimum Gasteiger partial charge on any atom is -0.468 e. The van der Waals surface area contributed by atoms with Crippen LogP contribution >= 0.6 is 11.3 Å². The molecule has 5 heteroatoms. The molecule has 4 nitrogen and oxygen atoms in total. The van der Waals surface area contributed by atoms with Gasteiger partial charge in [-0.2, -0.15) is 0 Å². The van der Waals surface area contributed by atoms with Crippen LogP contribution in [0.1, 0.15) is 25.3 Å². The summed E-state index contributed by atoms with van der Waals surface area (Å²) in [7, 11) is 1.42. The van der Waals surface area contributed by atoms with Crippen molar-refractivity contribution in [3.8, 4) is 11.3 Å². The van der Waals surface area contributed by atoms with Gasteiger partial charge in [0.05, 0.1) is 12.8 Å². The molecule has 2 aromatic rings. The van der Waals surface area contributed by atoms with Gasteiger partial charge in [0.1, 0.15) is 11.0 Å². The molecule has 0 spiro atoms. The number of nitrogens with one attached hydrogen (secondary N) is 1. The van der Waals surface area contributed by atoms with E-state index in [9.17, 15) is 4.79 Å². The van der Waals surface area contributed by atoms with Crippen molar-refractivity contribution in [2.24, 2.45) is 5.92 Å². The van der Waals surface area contributed by atoms with Crippen LogP contribution in [0.2, 0.25) is 0 Å². The molecule has 0 radical (unpaired) electrons. The van der Waals surface area contributed by atoms with Gasteiger partial charge in [0.15, 0.2) is 0 Å². The Morgan fingerprint density at radius 3 is 2.68 bits per heavy atom. The maximum Gasteiger partial charge on any atom is 0.322 e. The summed E-state index contributed by atoms with van der Waals surface area (Å²) < 4.78 is 4.86. The van der Waals surface area contributed by atoms with Gasteiger partial charge in [0.2, 0.25) is 0 Å². The zero-order valence-corrected chi connectivity index (χ0v) is 14.0. The average molecular weight is 318 g/mol. The van der Waals surface area contributed by atoms with Crippen LogP contribution in [0.4, 0.5) is 0 Å². The van der Waals surface area contributed by atoms with Crippen LogP contribution in [0.5, 0.6) is 0 Å². The normalized spacial score (nSPS) is 12.4. The first-order chi connectivity index (χ1) is 10.6. The fourth-order valence-electron chi connectivity index (χ4n) is 2.22. The van der Waals surface area contributed by atoms with Crippen LogP contribution in [-0.4, -0.2) is 24.1 Å². The summed E-state index contributed by atoms with van der Waals surface area (Å²) in [6.07, 6.45) is 0.754. The van der Waals surface area contributed by atoms with Gasteiger partial charge in [-0.3, -0.25) is 10.1 Å². The molecule has 0 aliphatic heterocycles. The lowest BCUT2D eigenvalue weighted by Crippen LogP contribution is -2.38. The molecule has 0 aliphatic rings. The van der Waals surface area contributed by atoms with Crippen LogP contribution in [0.25, 0.3) is 11.3 Å². The Balaban J connectivity index is 1.98. The predicted octanol–water partition coefficient (Wildman–Crippen LogP) is 3.49. The third-order valence-corrected chi connectivity index (χ3v) is 4.16. The molecule has 1 aromatic carbocycles. The topological polar surface area (TPSA) is 51.2 Å². The van der Waals surface area contributed by atoms with E-state index in [1.165, 1.54) is 7.11 Å². The number of hydrogen-bond acceptors (Lipinski definition) is 5. The first-order valence-corrected chi connectivity index (χ1v) is 8.29. The monoisotopic (exact) mass is 318 g/mol. The molecule has 1 N–H and O–H groups in total. The standard InChI is InChI=1S/C17H22N2O2S/c1-12(2)9-14(17(20)21-3)18-10-16-19-15(11-22-16)13-7-5-4-6-8-13/h4-8,11-12,14,18H,9-10H2,1-3H3. The summed E-state index contributed by atoms with van der Waals surface area (Å²) in [5.74, 6) is 0.210. The Kier molecular flexibility index (Phi) is 6.10. The fourth-order valence-corrected chi connectivity index (χ4v) is 2.97. The summed E-state index contributed by atoms with van der Waals surface area (Å²) in [6, 6.07) is 9.80. The van der Waals surface area contributed by atoms with Gasteiger partial charge in [0.25, 0.3) is 0 Å². The number of aromatic nitrogens is 1. The molecular weight excluding hydrogens is 296 g/mol. The fraction of sp³-hybridized carbons (Fsp3) is 0.412. The Labute approximate surface area is 135 Å². The average Bonchev–Trinajstić information content (AvgIpc) is 3.00. The van der Waals surface area contributed by atoms with Crippen molar-refractivity contribution in [1.82, 2.24) is 10.3 Å². The molecule has 22 heavy (non-hydrogen) atoms. The van der Waals surface area contributed by atoms with Crippen molar-refractivity contribution in [3.05, 3.63) is 40.7 Å². The lowest BCUT2D eigenvalue weighted by Gasteiger charge is -2.17. The molecule has 2 rings (SSSR count). The quantitative estimate of drug-likeness (QED) is 0.794. The summed E-state index contributed by atoms with van der Waals surface area (Å²) in [5, 5.41) is 6.27. The number of carbonyl (C=O) groups is 1. The first-order valence-electron chi connectivity index (χ1n) is 7.41. The van der Waals surface area contributed by atoms with Crippen molar-refractivity contribution in [2.75, 3.05) is 7.11 Å². The third-order valence-electron chi connectivity index (χ3n) is 3.31. The number of thiazole rings is 1. The minimum absolute atomic E-state index is 0.214. The molecule has 1 unspecified atom stereocenters. The zero-order chi connectivity index (χ0) is 15.9. The van der Waals surface area contributed by atoms with E-state index < -0.39 is 0 Å². The molecule has 0 saturated carbocycles. The second-order valence-corrected chi connectivity index (χ2v) is 6.52. The van der Waals surface area contributed by atoms with E-state index in [4.69, 9.17) is 4.74 Å². The highest BCUT2D eigenvalue weighted by Crippen LogP contribution is 2.21. The van der Waals surface area contributed by atoms with Gasteiger partial charge < -0.3 is 4.74 Å². The van der Waals surface area contributed by atoms with Crippen molar-refractivity contribution < 1.29 is 9.53 Å². The number of methoxy groups -OCH3 is 1. The van der Waals surface area contributed by atoms with E-state index >= 15 is 0 Å². The van der Waals surface area contributed by atoms with Crippen LogP contribution in [0.3, 0.4) is 0 Å². The van der Waals surface area contributed by atoms with E-state index in [1.807, 2.05) is 35.7 Å². The van der Waals surface area contributed by atoms with E-state index in [0.717, 1.165) is 22.7 Å². The molecule has 0 bridgehead atoms. The van der Waals surface area contributed by atoms with Crippen LogP contribution in [-0.2, 0) is 16.1 Å². The predicted molar refractivity (Wildman–Crippen MR) is 89.6 cm³/mol. The molecule has 0 amide bonds. The van der Waals surface area contributed by atoms with E-state index in [0.29, 0.717) is 12.5 Å². The Morgan fingerprint density at radius 1 is 1.32 bits per heavy atom. The summed E-state index contributed by atoms with van der Waals surface area (Å²) in [6.45, 7) is 4.76. The van der Waals surface area contributed by atoms with Crippen molar-refractivity contribution in [3.63, 3.8) is 0 Å². The molecule has 1 heterocycles. The van der Waals surface area contributed by atoms with Crippen LogP contribution < -0.4 is 5.32 Å². The van der Waals surface area contributed by atoms with Gasteiger partial charge in [-0.05, 0) is 12.3 Å². The number of ether oxygens (including phenoxy) is 1. The molecule has 118 valence electrons. The summed E-state index contributed by atoms with van der Waals surface area (Å²) >= 11 is 1.60. The van der Waals surface area contributed by atoms with Gasteiger partial charge >= 0.3 is 5.97 Å². The highest BCUT2D eigenvalue weighted by atomic mass is 32.1. The molecule has 1 atom stereocenters. The number of benzene rings is 1. The molecular formula is C17H22N2O2S. The lowest BCUT2D eigenvalue weighted by atomic mass is 10.0. The van der Waals surface area contributed by atoms with E-state index in [2.05, 4.69) is 24.1 Å². The maximum atomic E-state index is 11.8. The largest absolute Gasteiger partial charge is 0.468 e. The maximum absolute atomic E-state index is 11.8. The van der Waals surface area contributed by atoms with Gasteiger partial charge in [-0.1, -0.05) is 44.2 Å². The number of carbonyl (C=O) groups excluding carboxylic acids is 1. The van der Waals surface area contributed by atoms with Crippen molar-refractivity contribution in [1.29, 1.82) is 0 Å². The number of hydrogen-bond donors (Lipinski definition) is 1. The Bertz CT molecular complexity index is 596. The van der Waals surface area contributed by atoms with Crippen LogP contribution in [0, 0.1) is 5.92 Å². The van der Waals surface area contributed by atoms with E-state index in [1.54, 1.807) is 11.3 Å². The molecule has 0 aliphatic carbocycles. The van der Waals surface area contributed by atoms with Gasteiger partial charge in [-0.15, -0.1) is 11.3 Å². The molecule has 1 aromatic heterocycles. The van der Waals surface area contributed by atoms with Gasteiger partial charge in [0, 0.05) is 17.5 Å². The van der Waals surface area contributed by atoms with E-state index in [-0.39, 0.29) is 12.0 Å². The highest BCUT2D eigenvalue weighted by molar-refractivity contribution is 7.09. The second kappa shape index (κ2) is 8.06. The summed E-state index contributed by atoms with van der Waals surface area (Å²) in [4.78, 5) is 16.4. The lowest BCUT2D eigenvalue weighted by molar-refractivity contribution is -0.143. The van der Waals surface area contributed by atoms with Crippen LogP contribution in [0.15, 0.2) is 35.7 Å². The number of esters is 1. The highest BCUT2D eigenvalue weighted by Gasteiger charge is 2.20.